The summed E-state index contributed by atoms with van der Waals surface area (Å²) in [7, 11) is 1.49. The maximum atomic E-state index is 10.8. The van der Waals surface area contributed by atoms with E-state index in [2.05, 4.69) is 10.4 Å². The van der Waals surface area contributed by atoms with Crippen LogP contribution in [0.4, 0.5) is 10.5 Å². The SMILES string of the molecule is COc1cc([N+]2(NC(=O)[O-])CCCC2)cnc1Cl. The number of carbonyl (C=O) groups is 1. The lowest BCUT2D eigenvalue weighted by molar-refractivity contribution is -0.255. The van der Waals surface area contributed by atoms with E-state index in [1.165, 1.54) is 7.11 Å². The zero-order chi connectivity index (χ0) is 13.2. The first-order chi connectivity index (χ1) is 8.57. The third kappa shape index (κ3) is 2.34. The van der Waals surface area contributed by atoms with Crippen LogP contribution in [0.15, 0.2) is 12.3 Å². The Labute approximate surface area is 110 Å². The van der Waals surface area contributed by atoms with Gasteiger partial charge in [0.2, 0.25) is 0 Å². The van der Waals surface area contributed by atoms with Crippen LogP contribution in [-0.2, 0) is 0 Å². The zero-order valence-electron chi connectivity index (χ0n) is 9.98. The van der Waals surface area contributed by atoms with Gasteiger partial charge in [-0.15, -0.1) is 0 Å². The van der Waals surface area contributed by atoms with E-state index in [4.69, 9.17) is 16.3 Å². The van der Waals surface area contributed by atoms with Crippen molar-refractivity contribution in [1.29, 1.82) is 0 Å². The molecular formula is C11H14ClN3O3. The highest BCUT2D eigenvalue weighted by Crippen LogP contribution is 2.32. The van der Waals surface area contributed by atoms with E-state index in [0.717, 1.165) is 12.8 Å². The van der Waals surface area contributed by atoms with E-state index in [1.807, 2.05) is 0 Å². The minimum atomic E-state index is -1.30. The van der Waals surface area contributed by atoms with Gasteiger partial charge in [-0.25, -0.2) is 10.4 Å². The number of hydrogen-bond donors (Lipinski definition) is 1. The number of aromatic nitrogens is 1. The fourth-order valence-corrected chi connectivity index (χ4v) is 2.46. The molecule has 6 nitrogen and oxygen atoms in total. The van der Waals surface area contributed by atoms with Crippen LogP contribution in [0.3, 0.4) is 0 Å². The Hall–Kier alpha value is -1.53. The van der Waals surface area contributed by atoms with E-state index >= 15 is 0 Å². The van der Waals surface area contributed by atoms with Crippen molar-refractivity contribution in [3.63, 3.8) is 0 Å². The smallest absolute Gasteiger partial charge is 0.185 e. The third-order valence-corrected chi connectivity index (χ3v) is 3.43. The summed E-state index contributed by atoms with van der Waals surface area (Å²) in [4.78, 5) is 14.9. The van der Waals surface area contributed by atoms with Gasteiger partial charge in [0.15, 0.2) is 22.7 Å². The van der Waals surface area contributed by atoms with Crippen LogP contribution in [0.1, 0.15) is 12.8 Å². The van der Waals surface area contributed by atoms with Gasteiger partial charge in [-0.1, -0.05) is 11.6 Å². The molecular weight excluding hydrogens is 258 g/mol. The molecule has 7 heteroatoms. The fraction of sp³-hybridized carbons (Fsp3) is 0.455. The monoisotopic (exact) mass is 271 g/mol. The Bertz CT molecular complexity index is 461. The maximum absolute atomic E-state index is 10.8. The first-order valence-corrected chi connectivity index (χ1v) is 6.02. The van der Waals surface area contributed by atoms with Crippen molar-refractivity contribution in [2.24, 2.45) is 0 Å². The Morgan fingerprint density at radius 3 is 2.78 bits per heavy atom. The predicted molar refractivity (Wildman–Crippen MR) is 65.1 cm³/mol. The number of pyridine rings is 1. The van der Waals surface area contributed by atoms with Crippen molar-refractivity contribution in [1.82, 2.24) is 15.0 Å². The lowest BCUT2D eigenvalue weighted by Gasteiger charge is -2.33. The molecule has 0 aliphatic carbocycles. The minimum absolute atomic E-state index is 0.114. The number of nitrogens with one attached hydrogen (secondary N) is 1. The molecule has 1 fully saturated rings. The van der Waals surface area contributed by atoms with Gasteiger partial charge in [-0.2, -0.15) is 4.59 Å². The Morgan fingerprint density at radius 1 is 1.56 bits per heavy atom. The summed E-state index contributed by atoms with van der Waals surface area (Å²) in [5, 5.41) is 11.1. The third-order valence-electron chi connectivity index (χ3n) is 3.14. The number of ether oxygens (including phenoxy) is 1. The van der Waals surface area contributed by atoms with E-state index in [9.17, 15) is 9.90 Å². The lowest BCUT2D eigenvalue weighted by atomic mass is 10.3. The van der Waals surface area contributed by atoms with Crippen molar-refractivity contribution in [2.75, 3.05) is 20.2 Å². The van der Waals surface area contributed by atoms with Crippen molar-refractivity contribution in [3.8, 4) is 5.75 Å². The molecule has 1 N–H and O–H groups in total. The highest BCUT2D eigenvalue weighted by atomic mass is 35.5. The molecule has 18 heavy (non-hydrogen) atoms. The molecule has 0 spiro atoms. The van der Waals surface area contributed by atoms with Gasteiger partial charge in [0.05, 0.1) is 13.3 Å². The van der Waals surface area contributed by atoms with Crippen LogP contribution in [0.5, 0.6) is 5.75 Å². The minimum Gasteiger partial charge on any atom is -0.526 e. The number of quaternary nitrogens is 1. The fourth-order valence-electron chi connectivity index (χ4n) is 2.28. The van der Waals surface area contributed by atoms with E-state index in [-0.39, 0.29) is 9.75 Å². The largest absolute Gasteiger partial charge is 0.526 e. The van der Waals surface area contributed by atoms with Crippen LogP contribution in [0.2, 0.25) is 5.15 Å². The molecule has 2 rings (SSSR count). The summed E-state index contributed by atoms with van der Waals surface area (Å²) in [6.07, 6.45) is 2.13. The molecule has 0 saturated carbocycles. The molecule has 2 heterocycles. The van der Waals surface area contributed by atoms with Gasteiger partial charge in [0.25, 0.3) is 0 Å². The average Bonchev–Trinajstić information content (AvgIpc) is 2.78. The molecule has 1 amide bonds. The average molecular weight is 272 g/mol. The predicted octanol–water partition coefficient (Wildman–Crippen LogP) is 0.693. The summed E-state index contributed by atoms with van der Waals surface area (Å²) in [5.41, 5.74) is 3.15. The molecule has 1 aliphatic rings. The van der Waals surface area contributed by atoms with Gasteiger partial charge >= 0.3 is 0 Å². The quantitative estimate of drug-likeness (QED) is 0.648. The van der Waals surface area contributed by atoms with Crippen LogP contribution < -0.4 is 19.9 Å². The highest BCUT2D eigenvalue weighted by molar-refractivity contribution is 6.30. The molecule has 0 aromatic carbocycles. The first kappa shape index (κ1) is 12.9. The molecule has 0 radical (unpaired) electrons. The lowest BCUT2D eigenvalue weighted by Crippen LogP contribution is -2.62. The summed E-state index contributed by atoms with van der Waals surface area (Å²) in [6, 6.07) is 1.70. The Morgan fingerprint density at radius 2 is 2.22 bits per heavy atom. The van der Waals surface area contributed by atoms with Gasteiger partial charge in [0.1, 0.15) is 13.1 Å². The molecule has 0 bridgehead atoms. The highest BCUT2D eigenvalue weighted by Gasteiger charge is 2.36. The van der Waals surface area contributed by atoms with Crippen LogP contribution in [0.25, 0.3) is 0 Å². The maximum Gasteiger partial charge on any atom is 0.185 e. The van der Waals surface area contributed by atoms with Crippen molar-refractivity contribution in [3.05, 3.63) is 17.4 Å². The number of carbonyl (C=O) groups excluding carboxylic acids is 1. The topological polar surface area (TPSA) is 74.3 Å². The van der Waals surface area contributed by atoms with Gasteiger partial charge in [-0.05, 0) is 0 Å². The molecule has 0 unspecified atom stereocenters. The molecule has 1 saturated heterocycles. The molecule has 1 aromatic rings. The Balaban J connectivity index is 2.39. The molecule has 98 valence electrons. The number of hydrogen-bond acceptors (Lipinski definition) is 4. The van der Waals surface area contributed by atoms with Crippen LogP contribution in [0, 0.1) is 0 Å². The number of halogens is 1. The molecule has 1 aromatic heterocycles. The van der Waals surface area contributed by atoms with Gasteiger partial charge in [0, 0.05) is 18.9 Å². The standard InChI is InChI=1S/C11H14ClN3O3/c1-18-9-6-8(7-13-10(9)12)15(14-11(16)17)4-2-3-5-15/h6-7,14H,2-5H2,1H3. The van der Waals surface area contributed by atoms with Crippen LogP contribution >= 0.6 is 11.6 Å². The zero-order valence-corrected chi connectivity index (χ0v) is 10.7. The summed E-state index contributed by atoms with van der Waals surface area (Å²) in [6.45, 7) is 1.33. The summed E-state index contributed by atoms with van der Waals surface area (Å²) in [5.74, 6) is 0.429. The second kappa shape index (κ2) is 4.99. The van der Waals surface area contributed by atoms with Gasteiger partial charge in [-0.3, -0.25) is 0 Å². The van der Waals surface area contributed by atoms with Gasteiger partial charge < -0.3 is 14.6 Å². The van der Waals surface area contributed by atoms with E-state index < -0.39 is 6.09 Å². The summed E-state index contributed by atoms with van der Waals surface area (Å²) < 4.78 is 5.21. The second-order valence-electron chi connectivity index (χ2n) is 4.21. The first-order valence-electron chi connectivity index (χ1n) is 5.64. The van der Waals surface area contributed by atoms with Crippen LogP contribution in [-0.4, -0.2) is 31.3 Å². The Kier molecular flexibility index (Phi) is 3.58. The number of rotatable bonds is 3. The molecule has 0 atom stereocenters. The normalized spacial score (nSPS) is 17.4. The second-order valence-corrected chi connectivity index (χ2v) is 4.57. The van der Waals surface area contributed by atoms with E-state index in [1.54, 1.807) is 12.3 Å². The molecule has 1 aliphatic heterocycles. The number of carboxylic acid groups (broad SMARTS) is 1. The van der Waals surface area contributed by atoms with E-state index in [0.29, 0.717) is 24.5 Å². The van der Waals surface area contributed by atoms with Crippen molar-refractivity contribution >= 4 is 23.4 Å². The number of amides is 1. The number of nitrogens with zero attached hydrogens (tertiary/aromatic N) is 2. The van der Waals surface area contributed by atoms with Crippen molar-refractivity contribution in [2.45, 2.75) is 12.8 Å². The number of methoxy groups -OCH3 is 1. The van der Waals surface area contributed by atoms with Crippen molar-refractivity contribution < 1.29 is 14.6 Å². The summed E-state index contributed by atoms with van der Waals surface area (Å²) >= 11 is 5.86.